The Balaban J connectivity index is 1.37. The second-order valence-electron chi connectivity index (χ2n) is 9.89. The summed E-state index contributed by atoms with van der Waals surface area (Å²) < 4.78 is 21.1. The molecule has 0 heterocycles. The quantitative estimate of drug-likeness (QED) is 0.748. The first kappa shape index (κ1) is 18.9. The third-order valence-electron chi connectivity index (χ3n) is 7.74. The normalized spacial score (nSPS) is 31.9. The molecule has 6 heteroatoms. The Morgan fingerprint density at radius 1 is 1.21 bits per heavy atom. The minimum absolute atomic E-state index is 0.0676. The number of likely N-dealkylation sites (N-methyl/N-ethyl adjacent to an activating group) is 1. The lowest BCUT2D eigenvalue weighted by molar-refractivity contribution is -0.137. The van der Waals surface area contributed by atoms with E-state index >= 15 is 0 Å². The van der Waals surface area contributed by atoms with Crippen LogP contribution >= 0.6 is 0 Å². The van der Waals surface area contributed by atoms with Gasteiger partial charge in [-0.2, -0.15) is 0 Å². The number of benzene rings is 1. The Morgan fingerprint density at radius 2 is 1.90 bits per heavy atom. The van der Waals surface area contributed by atoms with E-state index < -0.39 is 24.2 Å². The van der Waals surface area contributed by atoms with Gasteiger partial charge in [0.2, 0.25) is 0 Å². The molecule has 0 aromatic heterocycles. The van der Waals surface area contributed by atoms with Gasteiger partial charge in [-0.15, -0.1) is 0 Å². The smallest absolute Gasteiger partial charge is 0.323 e. The van der Waals surface area contributed by atoms with E-state index in [9.17, 15) is 14.0 Å². The second-order valence-corrected chi connectivity index (χ2v) is 9.89. The van der Waals surface area contributed by atoms with E-state index in [1.807, 2.05) is 0 Å². The first-order chi connectivity index (χ1) is 13.8. The van der Waals surface area contributed by atoms with Crippen molar-refractivity contribution in [2.45, 2.75) is 50.9 Å². The van der Waals surface area contributed by atoms with Crippen molar-refractivity contribution >= 4 is 11.9 Å². The van der Waals surface area contributed by atoms with Crippen LogP contribution in [-0.4, -0.2) is 42.1 Å². The highest BCUT2D eigenvalue weighted by atomic mass is 19.1. The minimum atomic E-state index is -1.12. The molecule has 1 amide bonds. The number of carbonyl (C=O) groups excluding carboxylic acids is 1. The molecule has 5 aliphatic rings. The lowest BCUT2D eigenvalue weighted by Gasteiger charge is -2.33. The standard InChI is InChI=1S/C23H28FNO4/c1-25(11-21(26)27)22(28)18-7-17(15-2-3-15)20(8-19(18)24)29-12-23-9-13-4-14(10-23)6-16(23)5-13/h7-8,13-16H,2-6,9-12H2,1H3,(H,26,27). The highest BCUT2D eigenvalue weighted by Gasteiger charge is 2.58. The van der Waals surface area contributed by atoms with Gasteiger partial charge in [-0.05, 0) is 80.2 Å². The molecule has 1 aromatic carbocycles. The summed E-state index contributed by atoms with van der Waals surface area (Å²) in [5, 5.41) is 8.91. The van der Waals surface area contributed by atoms with Gasteiger partial charge in [0.05, 0.1) is 12.2 Å². The van der Waals surface area contributed by atoms with Crippen molar-refractivity contribution in [3.63, 3.8) is 0 Å². The second kappa shape index (κ2) is 6.71. The van der Waals surface area contributed by atoms with Crippen molar-refractivity contribution in [2.24, 2.45) is 23.2 Å². The molecular formula is C23H28FNO4. The maximum atomic E-state index is 14.8. The van der Waals surface area contributed by atoms with Crippen LogP contribution in [0.1, 0.15) is 66.8 Å². The van der Waals surface area contributed by atoms with Crippen LogP contribution in [0.25, 0.3) is 0 Å². The Hall–Kier alpha value is -2.11. The summed E-state index contributed by atoms with van der Waals surface area (Å²) in [6, 6.07) is 2.95. The van der Waals surface area contributed by atoms with Crippen molar-refractivity contribution in [2.75, 3.05) is 20.2 Å². The summed E-state index contributed by atoms with van der Waals surface area (Å²) in [6.45, 7) is 0.192. The predicted molar refractivity (Wildman–Crippen MR) is 104 cm³/mol. The van der Waals surface area contributed by atoms with Crippen LogP contribution in [0.3, 0.4) is 0 Å². The third kappa shape index (κ3) is 3.30. The predicted octanol–water partition coefficient (Wildman–Crippen LogP) is 4.06. The molecule has 0 spiro atoms. The van der Waals surface area contributed by atoms with Crippen LogP contribution in [0.15, 0.2) is 12.1 Å². The van der Waals surface area contributed by atoms with Crippen molar-refractivity contribution in [3.05, 3.63) is 29.1 Å². The van der Waals surface area contributed by atoms with Gasteiger partial charge in [0.1, 0.15) is 18.1 Å². The number of carboxylic acid groups (broad SMARTS) is 1. The third-order valence-corrected chi connectivity index (χ3v) is 7.74. The number of rotatable bonds is 7. The van der Waals surface area contributed by atoms with Gasteiger partial charge in [-0.1, -0.05) is 0 Å². The SMILES string of the molecule is CN(CC(=O)O)C(=O)c1cc(C2CC2)c(OCC23CC4CC(CC2C4)C3)cc1F. The van der Waals surface area contributed by atoms with Crippen molar-refractivity contribution in [1.29, 1.82) is 0 Å². The zero-order valence-electron chi connectivity index (χ0n) is 16.8. The van der Waals surface area contributed by atoms with Crippen LogP contribution in [-0.2, 0) is 4.79 Å². The number of hydrogen-bond acceptors (Lipinski definition) is 3. The van der Waals surface area contributed by atoms with Crippen molar-refractivity contribution in [1.82, 2.24) is 4.90 Å². The number of carbonyl (C=O) groups is 2. The highest BCUT2D eigenvalue weighted by Crippen LogP contribution is 2.65. The highest BCUT2D eigenvalue weighted by molar-refractivity contribution is 5.96. The molecular weight excluding hydrogens is 373 g/mol. The van der Waals surface area contributed by atoms with Gasteiger partial charge >= 0.3 is 5.97 Å². The lowest BCUT2D eigenvalue weighted by Crippen LogP contribution is -2.32. The molecule has 0 aliphatic heterocycles. The molecule has 0 saturated heterocycles. The Bertz CT molecular complexity index is 851. The number of amides is 1. The number of nitrogens with zero attached hydrogens (tertiary/aromatic N) is 1. The van der Waals surface area contributed by atoms with E-state index in [4.69, 9.17) is 9.84 Å². The van der Waals surface area contributed by atoms with Crippen LogP contribution in [0, 0.1) is 29.0 Å². The molecule has 2 unspecified atom stereocenters. The molecule has 29 heavy (non-hydrogen) atoms. The molecule has 6 rings (SSSR count). The van der Waals surface area contributed by atoms with Crippen molar-refractivity contribution in [3.8, 4) is 5.75 Å². The Morgan fingerprint density at radius 3 is 2.52 bits per heavy atom. The number of aliphatic carboxylic acids is 1. The van der Waals surface area contributed by atoms with Crippen molar-refractivity contribution < 1.29 is 23.8 Å². The van der Waals surface area contributed by atoms with E-state index in [1.54, 1.807) is 6.07 Å². The van der Waals surface area contributed by atoms with Crippen LogP contribution in [0.2, 0.25) is 0 Å². The summed E-state index contributed by atoms with van der Waals surface area (Å²) in [7, 11) is 1.38. The Kier molecular flexibility index (Phi) is 4.37. The monoisotopic (exact) mass is 401 g/mol. The van der Waals surface area contributed by atoms with Crippen LogP contribution in [0.4, 0.5) is 4.39 Å². The average Bonchev–Trinajstić information content (AvgIpc) is 3.42. The molecule has 2 atom stereocenters. The molecule has 5 aliphatic carbocycles. The van der Waals surface area contributed by atoms with Crippen LogP contribution in [0.5, 0.6) is 5.75 Å². The van der Waals surface area contributed by atoms with Crippen LogP contribution < -0.4 is 4.74 Å². The van der Waals surface area contributed by atoms with Gasteiger partial charge in [-0.25, -0.2) is 4.39 Å². The summed E-state index contributed by atoms with van der Waals surface area (Å²) >= 11 is 0. The molecule has 156 valence electrons. The number of ether oxygens (including phenoxy) is 1. The van der Waals surface area contributed by atoms with E-state index in [0.717, 1.165) is 41.1 Å². The molecule has 5 saturated carbocycles. The van der Waals surface area contributed by atoms with E-state index in [2.05, 4.69) is 0 Å². The van der Waals surface area contributed by atoms with Gasteiger partial charge in [0.25, 0.3) is 5.91 Å². The fraction of sp³-hybridized carbons (Fsp3) is 0.652. The summed E-state index contributed by atoms with van der Waals surface area (Å²) in [5.74, 6) is 0.958. The van der Waals surface area contributed by atoms with Gasteiger partial charge < -0.3 is 14.7 Å². The topological polar surface area (TPSA) is 66.8 Å². The Labute approximate surface area is 170 Å². The molecule has 1 N–H and O–H groups in total. The van der Waals surface area contributed by atoms with Gasteiger partial charge in [-0.3, -0.25) is 9.59 Å². The minimum Gasteiger partial charge on any atom is -0.493 e. The molecule has 1 aromatic rings. The fourth-order valence-electron chi connectivity index (χ4n) is 6.48. The largest absolute Gasteiger partial charge is 0.493 e. The average molecular weight is 401 g/mol. The molecule has 0 radical (unpaired) electrons. The molecule has 5 nitrogen and oxygen atoms in total. The van der Waals surface area contributed by atoms with E-state index in [-0.39, 0.29) is 11.0 Å². The maximum Gasteiger partial charge on any atom is 0.323 e. The molecule has 5 fully saturated rings. The van der Waals surface area contributed by atoms with Gasteiger partial charge in [0.15, 0.2) is 0 Å². The summed E-state index contributed by atoms with van der Waals surface area (Å²) in [6.07, 6.45) is 8.54. The first-order valence-corrected chi connectivity index (χ1v) is 10.8. The fourth-order valence-corrected chi connectivity index (χ4v) is 6.48. The zero-order valence-corrected chi connectivity index (χ0v) is 16.8. The summed E-state index contributed by atoms with van der Waals surface area (Å²) in [5.41, 5.74) is 1.09. The molecule has 4 bridgehead atoms. The number of halogens is 1. The lowest BCUT2D eigenvalue weighted by atomic mass is 9.76. The summed E-state index contributed by atoms with van der Waals surface area (Å²) in [4.78, 5) is 24.5. The zero-order chi connectivity index (χ0) is 20.3. The first-order valence-electron chi connectivity index (χ1n) is 10.8. The number of carboxylic acids is 1. The van der Waals surface area contributed by atoms with Gasteiger partial charge in [0, 0.05) is 18.5 Å². The number of hydrogen-bond donors (Lipinski definition) is 1. The van der Waals surface area contributed by atoms with E-state index in [1.165, 1.54) is 45.2 Å². The maximum absolute atomic E-state index is 14.8. The van der Waals surface area contributed by atoms with E-state index in [0.29, 0.717) is 18.3 Å².